The summed E-state index contributed by atoms with van der Waals surface area (Å²) in [5.74, 6) is -1.29. The summed E-state index contributed by atoms with van der Waals surface area (Å²) in [5, 5.41) is 7.34. The van der Waals surface area contributed by atoms with Gasteiger partial charge in [0.15, 0.2) is 0 Å². The van der Waals surface area contributed by atoms with Gasteiger partial charge >= 0.3 is 10.2 Å². The first kappa shape index (κ1) is 14.7. The molecule has 1 saturated heterocycles. The van der Waals surface area contributed by atoms with Crippen molar-refractivity contribution in [3.05, 3.63) is 29.6 Å². The molecule has 0 amide bonds. The molecule has 20 heavy (non-hydrogen) atoms. The quantitative estimate of drug-likeness (QED) is 0.541. The van der Waals surface area contributed by atoms with E-state index < -0.39 is 21.9 Å². The van der Waals surface area contributed by atoms with Crippen molar-refractivity contribution in [2.24, 2.45) is 5.73 Å². The topological polar surface area (TPSA) is 109 Å². The Hall–Kier alpha value is -1.71. The monoisotopic (exact) mass is 302 g/mol. The van der Waals surface area contributed by atoms with Gasteiger partial charge in [0, 0.05) is 13.1 Å². The number of nitrogens with one attached hydrogen (secondary N) is 2. The highest BCUT2D eigenvalue weighted by atomic mass is 32.2. The molecule has 0 spiro atoms. The molecule has 1 aliphatic rings. The third-order valence-corrected chi connectivity index (χ3v) is 4.35. The van der Waals surface area contributed by atoms with Crippen molar-refractivity contribution in [1.82, 2.24) is 4.31 Å². The minimum absolute atomic E-state index is 0.0519. The Morgan fingerprint density at radius 1 is 1.40 bits per heavy atom. The van der Waals surface area contributed by atoms with Crippen molar-refractivity contribution in [2.75, 3.05) is 31.0 Å². The lowest BCUT2D eigenvalue weighted by molar-refractivity contribution is 0.0733. The number of amidine groups is 1. The first-order chi connectivity index (χ1) is 9.42. The number of nitrogen functional groups attached to an aromatic ring is 1. The van der Waals surface area contributed by atoms with Gasteiger partial charge < -0.3 is 10.5 Å². The van der Waals surface area contributed by atoms with Gasteiger partial charge in [-0.25, -0.2) is 4.39 Å². The van der Waals surface area contributed by atoms with E-state index in [9.17, 15) is 12.8 Å². The summed E-state index contributed by atoms with van der Waals surface area (Å²) in [5.41, 5.74) is 4.98. The molecule has 1 aliphatic heterocycles. The molecule has 0 atom stereocenters. The van der Waals surface area contributed by atoms with E-state index in [1.54, 1.807) is 0 Å². The van der Waals surface area contributed by atoms with Crippen LogP contribution in [0.1, 0.15) is 5.56 Å². The summed E-state index contributed by atoms with van der Waals surface area (Å²) in [7, 11) is -3.82. The van der Waals surface area contributed by atoms with Crippen LogP contribution < -0.4 is 10.5 Å². The Morgan fingerprint density at radius 2 is 2.05 bits per heavy atom. The molecular formula is C11H15FN4O3S. The van der Waals surface area contributed by atoms with E-state index in [1.807, 2.05) is 0 Å². The summed E-state index contributed by atoms with van der Waals surface area (Å²) in [6, 6.07) is 3.82. The van der Waals surface area contributed by atoms with Crippen LogP contribution >= 0.6 is 0 Å². The van der Waals surface area contributed by atoms with Gasteiger partial charge in [-0.3, -0.25) is 10.1 Å². The fourth-order valence-electron chi connectivity index (χ4n) is 1.87. The molecule has 0 aliphatic carbocycles. The Balaban J connectivity index is 2.29. The van der Waals surface area contributed by atoms with E-state index in [-0.39, 0.29) is 24.3 Å². The maximum Gasteiger partial charge on any atom is 0.301 e. The molecule has 0 aromatic heterocycles. The van der Waals surface area contributed by atoms with Crippen molar-refractivity contribution in [2.45, 2.75) is 0 Å². The molecule has 1 heterocycles. The summed E-state index contributed by atoms with van der Waals surface area (Å²) in [4.78, 5) is 0. The van der Waals surface area contributed by atoms with Crippen LogP contribution in [0.5, 0.6) is 0 Å². The van der Waals surface area contributed by atoms with Crippen LogP contribution in [-0.4, -0.2) is 44.9 Å². The second-order valence-corrected chi connectivity index (χ2v) is 5.87. The van der Waals surface area contributed by atoms with Gasteiger partial charge in [-0.05, 0) is 12.1 Å². The number of benzene rings is 1. The number of rotatable bonds is 4. The molecule has 2 rings (SSSR count). The number of nitrogens with two attached hydrogens (primary N) is 1. The number of anilines is 1. The average molecular weight is 302 g/mol. The molecule has 1 aromatic carbocycles. The average Bonchev–Trinajstić information content (AvgIpc) is 2.39. The maximum atomic E-state index is 13.6. The minimum Gasteiger partial charge on any atom is -0.384 e. The first-order valence-corrected chi connectivity index (χ1v) is 7.34. The van der Waals surface area contributed by atoms with Gasteiger partial charge in [0.05, 0.1) is 24.5 Å². The van der Waals surface area contributed by atoms with Crippen molar-refractivity contribution in [3.63, 3.8) is 0 Å². The van der Waals surface area contributed by atoms with Gasteiger partial charge in [0.25, 0.3) is 0 Å². The van der Waals surface area contributed by atoms with E-state index in [0.29, 0.717) is 13.2 Å². The van der Waals surface area contributed by atoms with Crippen LogP contribution in [0, 0.1) is 11.2 Å². The third kappa shape index (κ3) is 3.06. The number of halogens is 1. The molecule has 0 unspecified atom stereocenters. The smallest absolute Gasteiger partial charge is 0.301 e. The number of hydrogen-bond acceptors (Lipinski definition) is 4. The maximum absolute atomic E-state index is 13.6. The van der Waals surface area contributed by atoms with Crippen molar-refractivity contribution >= 4 is 21.7 Å². The zero-order valence-corrected chi connectivity index (χ0v) is 11.4. The van der Waals surface area contributed by atoms with Crippen LogP contribution in [0.2, 0.25) is 0 Å². The fourth-order valence-corrected chi connectivity index (χ4v) is 3.08. The second kappa shape index (κ2) is 5.73. The Bertz CT molecular complexity index is 614. The van der Waals surface area contributed by atoms with E-state index in [0.717, 1.165) is 6.07 Å². The first-order valence-electron chi connectivity index (χ1n) is 5.90. The standard InChI is InChI=1S/C11H15FN4O3S/c12-8-2-1-3-9(10(8)11(13)14)15-20(17,18)16-4-6-19-7-5-16/h1-3,15H,4-7H2,(H3,13,14). The zero-order valence-electron chi connectivity index (χ0n) is 10.6. The van der Waals surface area contributed by atoms with Gasteiger partial charge in [0.2, 0.25) is 0 Å². The van der Waals surface area contributed by atoms with Gasteiger partial charge in [-0.1, -0.05) is 6.07 Å². The molecule has 0 bridgehead atoms. The van der Waals surface area contributed by atoms with Gasteiger partial charge in [-0.2, -0.15) is 12.7 Å². The SMILES string of the molecule is N=C(N)c1c(F)cccc1NS(=O)(=O)N1CCOCC1. The van der Waals surface area contributed by atoms with Crippen LogP contribution in [0.15, 0.2) is 18.2 Å². The predicted molar refractivity (Wildman–Crippen MR) is 72.4 cm³/mol. The summed E-state index contributed by atoms with van der Waals surface area (Å²) in [6.07, 6.45) is 0. The molecule has 0 saturated carbocycles. The molecule has 1 fully saturated rings. The van der Waals surface area contributed by atoms with Crippen LogP contribution in [0.4, 0.5) is 10.1 Å². The van der Waals surface area contributed by atoms with Crippen molar-refractivity contribution in [1.29, 1.82) is 5.41 Å². The lowest BCUT2D eigenvalue weighted by atomic mass is 10.1. The Morgan fingerprint density at radius 3 is 2.65 bits per heavy atom. The number of ether oxygens (including phenoxy) is 1. The van der Waals surface area contributed by atoms with E-state index in [1.165, 1.54) is 16.4 Å². The molecule has 7 nitrogen and oxygen atoms in total. The molecular weight excluding hydrogens is 287 g/mol. The lowest BCUT2D eigenvalue weighted by Crippen LogP contribution is -2.43. The van der Waals surface area contributed by atoms with Crippen molar-refractivity contribution in [3.8, 4) is 0 Å². The van der Waals surface area contributed by atoms with Gasteiger partial charge in [0.1, 0.15) is 11.7 Å². The minimum atomic E-state index is -3.82. The molecule has 9 heteroatoms. The van der Waals surface area contributed by atoms with E-state index in [4.69, 9.17) is 15.9 Å². The third-order valence-electron chi connectivity index (χ3n) is 2.83. The molecule has 4 N–H and O–H groups in total. The normalized spacial score (nSPS) is 16.9. The van der Waals surface area contributed by atoms with Crippen LogP contribution in [0.3, 0.4) is 0 Å². The highest BCUT2D eigenvalue weighted by molar-refractivity contribution is 7.90. The lowest BCUT2D eigenvalue weighted by Gasteiger charge is -2.26. The largest absolute Gasteiger partial charge is 0.384 e. The predicted octanol–water partition coefficient (Wildman–Crippen LogP) is 0.0987. The zero-order chi connectivity index (χ0) is 14.8. The highest BCUT2D eigenvalue weighted by Gasteiger charge is 2.25. The highest BCUT2D eigenvalue weighted by Crippen LogP contribution is 2.20. The van der Waals surface area contributed by atoms with Crippen molar-refractivity contribution < 1.29 is 17.5 Å². The summed E-state index contributed by atoms with van der Waals surface area (Å²) >= 11 is 0. The number of hydrogen-bond donors (Lipinski definition) is 3. The van der Waals surface area contributed by atoms with E-state index >= 15 is 0 Å². The van der Waals surface area contributed by atoms with Gasteiger partial charge in [-0.15, -0.1) is 0 Å². The fraction of sp³-hybridized carbons (Fsp3) is 0.364. The molecule has 1 aromatic rings. The van der Waals surface area contributed by atoms with Crippen LogP contribution in [-0.2, 0) is 14.9 Å². The molecule has 0 radical (unpaired) electrons. The number of nitrogens with zero attached hydrogens (tertiary/aromatic N) is 1. The number of morpholine rings is 1. The summed E-state index contributed by atoms with van der Waals surface area (Å²) < 4.78 is 46.5. The Kier molecular flexibility index (Phi) is 4.21. The second-order valence-electron chi connectivity index (χ2n) is 4.19. The van der Waals surface area contributed by atoms with E-state index in [2.05, 4.69) is 4.72 Å². The van der Waals surface area contributed by atoms with Crippen LogP contribution in [0.25, 0.3) is 0 Å². The molecule has 110 valence electrons. The summed E-state index contributed by atoms with van der Waals surface area (Å²) in [6.45, 7) is 1.06. The Labute approximate surface area is 116 Å².